The summed E-state index contributed by atoms with van der Waals surface area (Å²) in [4.78, 5) is 32.6. The first-order valence-electron chi connectivity index (χ1n) is 9.99. The second kappa shape index (κ2) is 7.51. The molecule has 1 unspecified atom stereocenters. The summed E-state index contributed by atoms with van der Waals surface area (Å²) in [6.45, 7) is 8.04. The van der Waals surface area contributed by atoms with E-state index in [1.807, 2.05) is 55.3 Å². The molecule has 3 N–H and O–H groups in total. The minimum atomic E-state index is -0.445. The largest absolute Gasteiger partial charge is 0.357 e. The third kappa shape index (κ3) is 3.85. The summed E-state index contributed by atoms with van der Waals surface area (Å²) in [5.41, 5.74) is 2.57. The molecular weight excluding hydrogens is 368 g/mol. The van der Waals surface area contributed by atoms with Gasteiger partial charge in [-0.2, -0.15) is 0 Å². The summed E-state index contributed by atoms with van der Waals surface area (Å²) < 4.78 is 0. The molecule has 3 aliphatic heterocycles. The smallest absolute Gasteiger partial charge is 0.318 e. The SMILES string of the molecule is CC(=O)N1CC(NC2N=C3CN(C(=O)NCc4ccccc4)C(C)(C)C3=CN2)C1. The predicted molar refractivity (Wildman–Crippen MR) is 111 cm³/mol. The number of rotatable bonds is 4. The number of carbonyl (C=O) groups excluding carboxylic acids is 2. The molecule has 3 aliphatic rings. The fourth-order valence-corrected chi connectivity index (χ4v) is 4.00. The number of nitrogens with zero attached hydrogens (tertiary/aromatic N) is 3. The quantitative estimate of drug-likeness (QED) is 0.709. The van der Waals surface area contributed by atoms with Crippen molar-refractivity contribution in [2.45, 2.75) is 45.2 Å². The zero-order valence-corrected chi connectivity index (χ0v) is 17.1. The lowest BCUT2D eigenvalue weighted by Gasteiger charge is -2.40. The number of hydrogen-bond acceptors (Lipinski definition) is 5. The third-order valence-corrected chi connectivity index (χ3v) is 5.88. The Labute approximate surface area is 171 Å². The van der Waals surface area contributed by atoms with Crippen LogP contribution < -0.4 is 16.0 Å². The first-order valence-corrected chi connectivity index (χ1v) is 9.99. The molecule has 0 saturated carbocycles. The molecular formula is C21H28N6O2. The molecule has 0 aliphatic carbocycles. The van der Waals surface area contributed by atoms with Gasteiger partial charge in [0, 0.05) is 44.4 Å². The monoisotopic (exact) mass is 396 g/mol. The lowest BCUT2D eigenvalue weighted by molar-refractivity contribution is -0.133. The summed E-state index contributed by atoms with van der Waals surface area (Å²) in [6, 6.07) is 10.0. The number of nitrogens with one attached hydrogen (secondary N) is 3. The Morgan fingerprint density at radius 3 is 2.66 bits per heavy atom. The number of hydrogen-bond donors (Lipinski definition) is 3. The highest BCUT2D eigenvalue weighted by Crippen LogP contribution is 2.33. The van der Waals surface area contributed by atoms with Gasteiger partial charge in [0.1, 0.15) is 0 Å². The molecule has 3 amide bonds. The van der Waals surface area contributed by atoms with Crippen molar-refractivity contribution >= 4 is 17.6 Å². The number of benzene rings is 1. The maximum absolute atomic E-state index is 12.9. The van der Waals surface area contributed by atoms with Crippen LogP contribution in [0.25, 0.3) is 0 Å². The molecule has 1 aromatic carbocycles. The number of carbonyl (C=O) groups is 2. The predicted octanol–water partition coefficient (Wildman–Crippen LogP) is 1.02. The van der Waals surface area contributed by atoms with Crippen molar-refractivity contribution in [3.8, 4) is 0 Å². The van der Waals surface area contributed by atoms with Crippen LogP contribution in [0.3, 0.4) is 0 Å². The Kier molecular flexibility index (Phi) is 5.04. The summed E-state index contributed by atoms with van der Waals surface area (Å²) in [5, 5.41) is 9.71. The molecule has 8 heteroatoms. The Bertz CT molecular complexity index is 857. The Morgan fingerprint density at radius 1 is 1.24 bits per heavy atom. The molecule has 0 bridgehead atoms. The fourth-order valence-electron chi connectivity index (χ4n) is 4.00. The van der Waals surface area contributed by atoms with Gasteiger partial charge in [0.2, 0.25) is 5.91 Å². The topological polar surface area (TPSA) is 89.1 Å². The van der Waals surface area contributed by atoms with E-state index in [0.717, 1.165) is 16.8 Å². The molecule has 1 aromatic rings. The van der Waals surface area contributed by atoms with Gasteiger partial charge in [-0.05, 0) is 19.4 Å². The van der Waals surface area contributed by atoms with Gasteiger partial charge in [-0.1, -0.05) is 30.3 Å². The van der Waals surface area contributed by atoms with Crippen LogP contribution in [0.15, 0.2) is 47.1 Å². The average Bonchev–Trinajstić information content (AvgIpc) is 2.93. The van der Waals surface area contributed by atoms with Crippen LogP contribution in [0.1, 0.15) is 26.3 Å². The van der Waals surface area contributed by atoms with Crippen LogP contribution >= 0.6 is 0 Å². The van der Waals surface area contributed by atoms with Crippen molar-refractivity contribution in [1.29, 1.82) is 0 Å². The summed E-state index contributed by atoms with van der Waals surface area (Å²) >= 11 is 0. The van der Waals surface area contributed by atoms with Gasteiger partial charge in [-0.15, -0.1) is 0 Å². The highest BCUT2D eigenvalue weighted by Gasteiger charge is 2.45. The first-order chi connectivity index (χ1) is 13.8. The van der Waals surface area contributed by atoms with Gasteiger partial charge in [-0.25, -0.2) is 9.79 Å². The Balaban J connectivity index is 1.37. The molecule has 3 heterocycles. The maximum Gasteiger partial charge on any atom is 0.318 e. The average molecular weight is 396 g/mol. The van der Waals surface area contributed by atoms with E-state index in [4.69, 9.17) is 4.99 Å². The van der Waals surface area contributed by atoms with Crippen LogP contribution in [-0.2, 0) is 11.3 Å². The molecule has 8 nitrogen and oxygen atoms in total. The van der Waals surface area contributed by atoms with Crippen molar-refractivity contribution in [2.24, 2.45) is 4.99 Å². The van der Waals surface area contributed by atoms with Crippen molar-refractivity contribution in [2.75, 3.05) is 19.6 Å². The van der Waals surface area contributed by atoms with Crippen molar-refractivity contribution in [1.82, 2.24) is 25.8 Å². The zero-order valence-electron chi connectivity index (χ0n) is 17.1. The van der Waals surface area contributed by atoms with Gasteiger partial charge in [0.05, 0.1) is 17.8 Å². The molecule has 2 fully saturated rings. The Hall–Kier alpha value is -2.87. The van der Waals surface area contributed by atoms with E-state index in [2.05, 4.69) is 16.0 Å². The number of aliphatic imine (C=N–C) groups is 1. The summed E-state index contributed by atoms with van der Waals surface area (Å²) in [5.74, 6) is 0.0999. The molecule has 0 radical (unpaired) electrons. The van der Waals surface area contributed by atoms with Gasteiger partial charge < -0.3 is 20.4 Å². The van der Waals surface area contributed by atoms with Gasteiger partial charge in [-0.3, -0.25) is 10.1 Å². The van der Waals surface area contributed by atoms with E-state index >= 15 is 0 Å². The minimum absolute atomic E-state index is 0.0996. The molecule has 29 heavy (non-hydrogen) atoms. The zero-order chi connectivity index (χ0) is 20.6. The van der Waals surface area contributed by atoms with Gasteiger partial charge in [0.25, 0.3) is 0 Å². The standard InChI is InChI=1S/C21H28N6O2/c1-14(28)26-11-16(12-26)24-19-22-10-17-18(25-19)13-27(21(17,2)3)20(29)23-9-15-7-5-4-6-8-15/h4-8,10,16,19,22,24H,9,11-13H2,1-3H3,(H,23,29). The lowest BCUT2D eigenvalue weighted by Crippen LogP contribution is -2.63. The highest BCUT2D eigenvalue weighted by atomic mass is 16.2. The summed E-state index contributed by atoms with van der Waals surface area (Å²) in [6.07, 6.45) is 1.72. The van der Waals surface area contributed by atoms with E-state index in [0.29, 0.717) is 26.2 Å². The number of fused-ring (bicyclic) bond motifs is 1. The maximum atomic E-state index is 12.9. The van der Waals surface area contributed by atoms with Crippen LogP contribution in [0.5, 0.6) is 0 Å². The molecule has 4 rings (SSSR count). The minimum Gasteiger partial charge on any atom is -0.357 e. The van der Waals surface area contributed by atoms with E-state index < -0.39 is 5.54 Å². The van der Waals surface area contributed by atoms with Gasteiger partial charge >= 0.3 is 6.03 Å². The van der Waals surface area contributed by atoms with Crippen LogP contribution in [-0.4, -0.2) is 65.0 Å². The van der Waals surface area contributed by atoms with E-state index in [-0.39, 0.29) is 24.3 Å². The molecule has 0 aromatic heterocycles. The second-order valence-electron chi connectivity index (χ2n) is 8.28. The molecule has 2 saturated heterocycles. The van der Waals surface area contributed by atoms with Crippen molar-refractivity contribution < 1.29 is 9.59 Å². The second-order valence-corrected chi connectivity index (χ2v) is 8.28. The first kappa shape index (κ1) is 19.4. The number of amides is 3. The van der Waals surface area contributed by atoms with Crippen molar-refractivity contribution in [3.05, 3.63) is 47.7 Å². The normalized spacial score (nSPS) is 22.8. The highest BCUT2D eigenvalue weighted by molar-refractivity contribution is 6.08. The molecule has 154 valence electrons. The number of likely N-dealkylation sites (tertiary alicyclic amines) is 2. The fraction of sp³-hybridized carbons (Fsp3) is 0.476. The summed E-state index contributed by atoms with van der Waals surface area (Å²) in [7, 11) is 0. The van der Waals surface area contributed by atoms with Crippen LogP contribution in [0.2, 0.25) is 0 Å². The van der Waals surface area contributed by atoms with Crippen LogP contribution in [0, 0.1) is 0 Å². The van der Waals surface area contributed by atoms with Gasteiger partial charge in [0.15, 0.2) is 6.29 Å². The van der Waals surface area contributed by atoms with E-state index in [9.17, 15) is 9.59 Å². The van der Waals surface area contributed by atoms with E-state index in [1.165, 1.54) is 0 Å². The molecule has 1 atom stereocenters. The van der Waals surface area contributed by atoms with E-state index in [1.54, 1.807) is 11.8 Å². The van der Waals surface area contributed by atoms with Crippen molar-refractivity contribution in [3.63, 3.8) is 0 Å². The number of urea groups is 1. The van der Waals surface area contributed by atoms with Crippen LogP contribution in [0.4, 0.5) is 4.79 Å². The third-order valence-electron chi connectivity index (χ3n) is 5.88. The molecule has 0 spiro atoms. The lowest BCUT2D eigenvalue weighted by atomic mass is 9.94. The Morgan fingerprint density at radius 2 is 1.97 bits per heavy atom.